The summed E-state index contributed by atoms with van der Waals surface area (Å²) in [6, 6.07) is 7.02. The van der Waals surface area contributed by atoms with Gasteiger partial charge in [0.1, 0.15) is 5.78 Å². The van der Waals surface area contributed by atoms with Gasteiger partial charge in [0, 0.05) is 18.4 Å². The lowest BCUT2D eigenvalue weighted by Gasteiger charge is -2.18. The SMILES string of the molecule is C=C/C=C(\C=C/C)c1cc(CCCC(=O)CC(CCC)c2cccc(C(F)(F)F)c2)n(O)n1. The number of allylic oxidation sites excluding steroid dienone is 5. The molecule has 0 saturated carbocycles. The number of rotatable bonds is 12. The highest BCUT2D eigenvalue weighted by Crippen LogP contribution is 2.33. The van der Waals surface area contributed by atoms with Crippen molar-refractivity contribution in [3.05, 3.63) is 83.7 Å². The van der Waals surface area contributed by atoms with E-state index in [9.17, 15) is 23.2 Å². The number of alkyl halides is 3. The summed E-state index contributed by atoms with van der Waals surface area (Å²) < 4.78 is 39.2. The van der Waals surface area contributed by atoms with E-state index in [2.05, 4.69) is 11.7 Å². The summed E-state index contributed by atoms with van der Waals surface area (Å²) in [5.74, 6) is -0.247. The summed E-state index contributed by atoms with van der Waals surface area (Å²) in [4.78, 5) is 13.4. The molecule has 4 nitrogen and oxygen atoms in total. The Labute approximate surface area is 193 Å². The first-order chi connectivity index (χ1) is 15.7. The van der Waals surface area contributed by atoms with Gasteiger partial charge >= 0.3 is 6.18 Å². The molecule has 0 aliphatic heterocycles. The summed E-state index contributed by atoms with van der Waals surface area (Å²) in [7, 11) is 0. The van der Waals surface area contributed by atoms with Gasteiger partial charge in [0.15, 0.2) is 0 Å². The van der Waals surface area contributed by atoms with Crippen molar-refractivity contribution in [3.63, 3.8) is 0 Å². The van der Waals surface area contributed by atoms with Gasteiger partial charge in [-0.1, -0.05) is 62.4 Å². The Hall–Kier alpha value is -3.09. The molecule has 1 heterocycles. The topological polar surface area (TPSA) is 55.1 Å². The van der Waals surface area contributed by atoms with Crippen LogP contribution in [0, 0.1) is 0 Å². The molecule has 178 valence electrons. The molecular formula is C26H31F3N2O2. The molecule has 1 aromatic heterocycles. The van der Waals surface area contributed by atoms with Gasteiger partial charge in [0.25, 0.3) is 0 Å². The minimum atomic E-state index is -4.41. The highest BCUT2D eigenvalue weighted by Gasteiger charge is 2.31. The zero-order valence-corrected chi connectivity index (χ0v) is 19.1. The highest BCUT2D eigenvalue weighted by atomic mass is 19.4. The van der Waals surface area contributed by atoms with Gasteiger partial charge < -0.3 is 5.21 Å². The molecule has 0 aliphatic carbocycles. The quantitative estimate of drug-likeness (QED) is 0.270. The van der Waals surface area contributed by atoms with Crippen LogP contribution in [0.5, 0.6) is 0 Å². The summed E-state index contributed by atoms with van der Waals surface area (Å²) in [5, 5.41) is 14.2. The van der Waals surface area contributed by atoms with Crippen LogP contribution in [0.2, 0.25) is 0 Å². The van der Waals surface area contributed by atoms with E-state index >= 15 is 0 Å². The van der Waals surface area contributed by atoms with E-state index in [0.717, 1.165) is 29.0 Å². The van der Waals surface area contributed by atoms with Crippen molar-refractivity contribution in [1.82, 2.24) is 9.94 Å². The summed E-state index contributed by atoms with van der Waals surface area (Å²) >= 11 is 0. The molecule has 1 atom stereocenters. The first kappa shape index (κ1) is 26.2. The standard InChI is InChI=1S/C26H31F3N2O2/c1-4-9-19(10-5-2)25-18-23(31(33)30-25)14-8-15-24(32)17-20(11-6-3)21-12-7-13-22(16-21)26(27,28)29/h4-5,7,9-10,12-13,16,18,20,33H,1,6,8,11,14-15,17H2,2-3H3/b10-5-,19-9+. The van der Waals surface area contributed by atoms with E-state index in [4.69, 9.17) is 0 Å². The average Bonchev–Trinajstić information content (AvgIpc) is 3.13. The third kappa shape index (κ3) is 7.77. The van der Waals surface area contributed by atoms with E-state index in [1.807, 2.05) is 26.0 Å². The van der Waals surface area contributed by atoms with Crippen LogP contribution in [0.15, 0.2) is 61.2 Å². The van der Waals surface area contributed by atoms with E-state index in [-0.39, 0.29) is 24.5 Å². The monoisotopic (exact) mass is 460 g/mol. The van der Waals surface area contributed by atoms with Crippen LogP contribution < -0.4 is 0 Å². The molecule has 0 bridgehead atoms. The number of Topliss-reactive ketones (excluding diaryl/α,β-unsaturated/α-hetero) is 1. The third-order valence-electron chi connectivity index (χ3n) is 5.39. The second-order valence-electron chi connectivity index (χ2n) is 7.97. The molecule has 2 aromatic rings. The first-order valence-corrected chi connectivity index (χ1v) is 11.1. The van der Waals surface area contributed by atoms with E-state index in [1.54, 1.807) is 24.3 Å². The Morgan fingerprint density at radius 1 is 1.30 bits per heavy atom. The second kappa shape index (κ2) is 12.2. The van der Waals surface area contributed by atoms with Crippen LogP contribution in [0.25, 0.3) is 5.57 Å². The van der Waals surface area contributed by atoms with Crippen LogP contribution in [0.3, 0.4) is 0 Å². The fourth-order valence-corrected chi connectivity index (χ4v) is 3.80. The Morgan fingerprint density at radius 3 is 2.70 bits per heavy atom. The summed E-state index contributed by atoms with van der Waals surface area (Å²) in [5.41, 5.74) is 1.85. The van der Waals surface area contributed by atoms with Crippen molar-refractivity contribution < 1.29 is 23.2 Å². The third-order valence-corrected chi connectivity index (χ3v) is 5.39. The number of carbonyl (C=O) groups is 1. The maximum Gasteiger partial charge on any atom is 0.416 e. The van der Waals surface area contributed by atoms with Crippen LogP contribution in [-0.2, 0) is 17.4 Å². The highest BCUT2D eigenvalue weighted by molar-refractivity contribution is 5.79. The lowest BCUT2D eigenvalue weighted by Crippen LogP contribution is -2.10. The van der Waals surface area contributed by atoms with Gasteiger partial charge in [-0.25, -0.2) is 0 Å². The fourth-order valence-electron chi connectivity index (χ4n) is 3.80. The minimum Gasteiger partial charge on any atom is -0.411 e. The number of nitrogens with zero attached hydrogens (tertiary/aromatic N) is 2. The average molecular weight is 461 g/mol. The number of halogens is 3. The van der Waals surface area contributed by atoms with Crippen molar-refractivity contribution in [2.24, 2.45) is 0 Å². The molecule has 0 amide bonds. The van der Waals surface area contributed by atoms with Gasteiger partial charge in [-0.2, -0.15) is 13.2 Å². The van der Waals surface area contributed by atoms with E-state index < -0.39 is 11.7 Å². The molecule has 7 heteroatoms. The Balaban J connectivity index is 2.00. The largest absolute Gasteiger partial charge is 0.416 e. The number of hydrogen-bond acceptors (Lipinski definition) is 3. The van der Waals surface area contributed by atoms with Crippen molar-refractivity contribution >= 4 is 11.4 Å². The maximum atomic E-state index is 13.1. The van der Waals surface area contributed by atoms with Gasteiger partial charge in [-0.3, -0.25) is 4.79 Å². The van der Waals surface area contributed by atoms with Gasteiger partial charge in [-0.05, 0) is 49.8 Å². The molecule has 1 aromatic carbocycles. The number of aryl methyl sites for hydroxylation is 1. The van der Waals surface area contributed by atoms with Crippen molar-refractivity contribution in [2.45, 2.75) is 64.5 Å². The number of aromatic nitrogens is 2. The normalized spacial score (nSPS) is 13.4. The molecule has 1 unspecified atom stereocenters. The molecule has 33 heavy (non-hydrogen) atoms. The van der Waals surface area contributed by atoms with E-state index in [0.29, 0.717) is 36.2 Å². The van der Waals surface area contributed by atoms with Gasteiger partial charge in [0.05, 0.1) is 17.0 Å². The van der Waals surface area contributed by atoms with Crippen LogP contribution >= 0.6 is 0 Å². The molecule has 0 fully saturated rings. The van der Waals surface area contributed by atoms with Crippen molar-refractivity contribution in [2.75, 3.05) is 0 Å². The number of benzene rings is 1. The second-order valence-corrected chi connectivity index (χ2v) is 7.97. The molecule has 0 spiro atoms. The number of hydrogen-bond donors (Lipinski definition) is 1. The molecule has 1 N–H and O–H groups in total. The molecule has 2 rings (SSSR count). The van der Waals surface area contributed by atoms with Crippen molar-refractivity contribution in [1.29, 1.82) is 0 Å². The zero-order valence-electron chi connectivity index (χ0n) is 19.1. The Morgan fingerprint density at radius 2 is 2.06 bits per heavy atom. The zero-order chi connectivity index (χ0) is 24.4. The minimum absolute atomic E-state index is 0.00347. The summed E-state index contributed by atoms with van der Waals surface area (Å²) in [6.45, 7) is 7.51. The molecular weight excluding hydrogens is 429 g/mol. The van der Waals surface area contributed by atoms with Gasteiger partial charge in [-0.15, -0.1) is 9.94 Å². The van der Waals surface area contributed by atoms with Crippen LogP contribution in [-0.4, -0.2) is 20.9 Å². The molecule has 0 radical (unpaired) electrons. The summed E-state index contributed by atoms with van der Waals surface area (Å²) in [6.07, 6.45) is 5.60. The van der Waals surface area contributed by atoms with Crippen molar-refractivity contribution in [3.8, 4) is 0 Å². The smallest absolute Gasteiger partial charge is 0.411 e. The first-order valence-electron chi connectivity index (χ1n) is 11.1. The van der Waals surface area contributed by atoms with Gasteiger partial charge in [0.2, 0.25) is 0 Å². The Bertz CT molecular complexity index is 1000. The van der Waals surface area contributed by atoms with Crippen LogP contribution in [0.1, 0.15) is 74.4 Å². The number of carbonyl (C=O) groups excluding carboxylic acids is 1. The Kier molecular flexibility index (Phi) is 9.70. The fraction of sp³-hybridized carbons (Fsp3) is 0.385. The number of ketones is 1. The molecule has 0 saturated heterocycles. The lowest BCUT2D eigenvalue weighted by molar-refractivity contribution is -0.137. The predicted molar refractivity (Wildman–Crippen MR) is 124 cm³/mol. The predicted octanol–water partition coefficient (Wildman–Crippen LogP) is 7.15. The molecule has 0 aliphatic rings. The maximum absolute atomic E-state index is 13.1. The lowest BCUT2D eigenvalue weighted by atomic mass is 9.88. The van der Waals surface area contributed by atoms with Crippen LogP contribution in [0.4, 0.5) is 13.2 Å². The van der Waals surface area contributed by atoms with E-state index in [1.165, 1.54) is 6.07 Å².